The molecule has 0 fully saturated rings. The molecule has 1 N–H and O–H groups in total. The summed E-state index contributed by atoms with van der Waals surface area (Å²) in [4.78, 5) is 3.61. The highest BCUT2D eigenvalue weighted by Crippen LogP contribution is 2.36. The largest absolute Gasteiger partial charge is 0.496 e. The van der Waals surface area contributed by atoms with Crippen molar-refractivity contribution >= 4 is 17.0 Å². The van der Waals surface area contributed by atoms with Crippen LogP contribution in [-0.2, 0) is 6.54 Å². The molecule has 1 atom stereocenters. The summed E-state index contributed by atoms with van der Waals surface area (Å²) in [6, 6.07) is 10.5. The fraction of sp³-hybridized carbons (Fsp3) is 0.412. The number of benzene rings is 1. The molecule has 0 saturated carbocycles. The number of nitrogens with zero attached hydrogens (tertiary/aromatic N) is 1. The number of anilines is 1. The quantitative estimate of drug-likeness (QED) is 0.867. The summed E-state index contributed by atoms with van der Waals surface area (Å²) < 4.78 is 5.43. The van der Waals surface area contributed by atoms with Crippen LogP contribution in [0.5, 0.6) is 5.75 Å². The van der Waals surface area contributed by atoms with Gasteiger partial charge in [0.15, 0.2) is 0 Å². The van der Waals surface area contributed by atoms with E-state index in [1.807, 2.05) is 12.1 Å². The van der Waals surface area contributed by atoms with Crippen LogP contribution in [0.4, 0.5) is 5.69 Å². The summed E-state index contributed by atoms with van der Waals surface area (Å²) >= 11 is 1.75. The molecule has 0 aliphatic carbocycles. The van der Waals surface area contributed by atoms with Crippen LogP contribution in [0.25, 0.3) is 0 Å². The Morgan fingerprint density at radius 3 is 2.48 bits per heavy atom. The van der Waals surface area contributed by atoms with Crippen molar-refractivity contribution in [1.82, 2.24) is 0 Å². The summed E-state index contributed by atoms with van der Waals surface area (Å²) in [5.74, 6) is 0.735. The molecule has 4 heteroatoms. The Hall–Kier alpha value is -1.52. The first kappa shape index (κ1) is 15.9. The van der Waals surface area contributed by atoms with Gasteiger partial charge in [0.2, 0.25) is 0 Å². The molecule has 0 aliphatic rings. The molecule has 3 nitrogen and oxygen atoms in total. The third-order valence-electron chi connectivity index (χ3n) is 3.52. The molecule has 0 bridgehead atoms. The summed E-state index contributed by atoms with van der Waals surface area (Å²) in [7, 11) is 1.64. The third kappa shape index (κ3) is 3.57. The number of hydrogen-bond acceptors (Lipinski definition) is 4. The van der Waals surface area contributed by atoms with Crippen molar-refractivity contribution in [2.75, 3.05) is 12.0 Å². The van der Waals surface area contributed by atoms with E-state index in [0.29, 0.717) is 6.04 Å². The topological polar surface area (TPSA) is 32.7 Å². The molecule has 0 radical (unpaired) electrons. The smallest absolute Gasteiger partial charge is 0.126 e. The standard InChI is InChI=1S/C17H23NO2S/c1-12(2)18(11-14-7-6-10-21-14)15-8-5-9-16(20-4)17(15)13(3)19/h5-10,12-13,19H,11H2,1-4H3. The molecule has 21 heavy (non-hydrogen) atoms. The zero-order valence-corrected chi connectivity index (χ0v) is 13.9. The van der Waals surface area contributed by atoms with Crippen LogP contribution in [-0.4, -0.2) is 18.3 Å². The van der Waals surface area contributed by atoms with Crippen molar-refractivity contribution in [3.05, 3.63) is 46.2 Å². The van der Waals surface area contributed by atoms with E-state index in [0.717, 1.165) is 23.5 Å². The van der Waals surface area contributed by atoms with Crippen LogP contribution in [0.15, 0.2) is 35.7 Å². The molecule has 0 amide bonds. The summed E-state index contributed by atoms with van der Waals surface area (Å²) in [6.07, 6.45) is -0.569. The lowest BCUT2D eigenvalue weighted by atomic mass is 10.0. The lowest BCUT2D eigenvalue weighted by Gasteiger charge is -2.32. The van der Waals surface area contributed by atoms with Gasteiger partial charge in [0.25, 0.3) is 0 Å². The highest BCUT2D eigenvalue weighted by Gasteiger charge is 2.21. The number of rotatable bonds is 6. The van der Waals surface area contributed by atoms with Gasteiger partial charge in [-0.2, -0.15) is 0 Å². The normalized spacial score (nSPS) is 12.5. The monoisotopic (exact) mass is 305 g/mol. The van der Waals surface area contributed by atoms with Gasteiger partial charge >= 0.3 is 0 Å². The Bertz CT molecular complexity index is 564. The average Bonchev–Trinajstić information content (AvgIpc) is 2.96. The molecule has 1 aromatic heterocycles. The summed E-state index contributed by atoms with van der Waals surface area (Å²) in [6.45, 7) is 6.95. The van der Waals surface area contributed by atoms with Gasteiger partial charge < -0.3 is 14.7 Å². The Kier molecular flexibility index (Phi) is 5.26. The Labute approximate surface area is 130 Å². The molecule has 1 unspecified atom stereocenters. The fourth-order valence-electron chi connectivity index (χ4n) is 2.50. The van der Waals surface area contributed by atoms with E-state index in [1.54, 1.807) is 25.4 Å². The SMILES string of the molecule is COc1cccc(N(Cc2cccs2)C(C)C)c1C(C)O. The second kappa shape index (κ2) is 6.96. The van der Waals surface area contributed by atoms with Gasteiger partial charge in [0, 0.05) is 22.2 Å². The Morgan fingerprint density at radius 2 is 1.95 bits per heavy atom. The Balaban J connectivity index is 2.44. The number of ether oxygens (including phenoxy) is 1. The number of aliphatic hydroxyl groups excluding tert-OH is 1. The highest BCUT2D eigenvalue weighted by atomic mass is 32.1. The van der Waals surface area contributed by atoms with Gasteiger partial charge in [-0.1, -0.05) is 12.1 Å². The maximum atomic E-state index is 10.2. The van der Waals surface area contributed by atoms with Gasteiger partial charge in [-0.3, -0.25) is 0 Å². The first-order valence-corrected chi connectivity index (χ1v) is 8.06. The van der Waals surface area contributed by atoms with E-state index in [9.17, 15) is 5.11 Å². The number of aliphatic hydroxyl groups is 1. The summed E-state index contributed by atoms with van der Waals surface area (Å²) in [5.41, 5.74) is 1.89. The van der Waals surface area contributed by atoms with E-state index in [-0.39, 0.29) is 0 Å². The molecule has 0 saturated heterocycles. The maximum absolute atomic E-state index is 10.2. The molecule has 2 aromatic rings. The molecule has 0 spiro atoms. The van der Waals surface area contributed by atoms with E-state index in [1.165, 1.54) is 4.88 Å². The molecular weight excluding hydrogens is 282 g/mol. The molecular formula is C17H23NO2S. The van der Waals surface area contributed by atoms with Gasteiger partial charge in [0.1, 0.15) is 5.75 Å². The van der Waals surface area contributed by atoms with Crippen LogP contribution in [0.3, 0.4) is 0 Å². The van der Waals surface area contributed by atoms with E-state index in [2.05, 4.69) is 42.3 Å². The van der Waals surface area contributed by atoms with Crippen LogP contribution in [0.2, 0.25) is 0 Å². The number of methoxy groups -OCH3 is 1. The van der Waals surface area contributed by atoms with Crippen molar-refractivity contribution in [3.8, 4) is 5.75 Å². The van der Waals surface area contributed by atoms with E-state index >= 15 is 0 Å². The van der Waals surface area contributed by atoms with Crippen LogP contribution < -0.4 is 9.64 Å². The first-order chi connectivity index (χ1) is 10.0. The van der Waals surface area contributed by atoms with E-state index < -0.39 is 6.10 Å². The minimum atomic E-state index is -0.569. The average molecular weight is 305 g/mol. The van der Waals surface area contributed by atoms with Crippen molar-refractivity contribution in [2.45, 2.75) is 39.5 Å². The van der Waals surface area contributed by atoms with Crippen LogP contribution in [0.1, 0.15) is 37.3 Å². The van der Waals surface area contributed by atoms with Gasteiger partial charge in [-0.05, 0) is 44.4 Å². The number of hydrogen-bond donors (Lipinski definition) is 1. The fourth-order valence-corrected chi connectivity index (χ4v) is 3.20. The van der Waals surface area contributed by atoms with Crippen molar-refractivity contribution in [2.24, 2.45) is 0 Å². The maximum Gasteiger partial charge on any atom is 0.126 e. The Morgan fingerprint density at radius 1 is 1.19 bits per heavy atom. The highest BCUT2D eigenvalue weighted by molar-refractivity contribution is 7.09. The zero-order chi connectivity index (χ0) is 15.4. The number of thiophene rings is 1. The first-order valence-electron chi connectivity index (χ1n) is 7.18. The van der Waals surface area contributed by atoms with Crippen molar-refractivity contribution < 1.29 is 9.84 Å². The predicted molar refractivity (Wildman–Crippen MR) is 89.3 cm³/mol. The minimum absolute atomic E-state index is 0.330. The molecule has 2 rings (SSSR count). The van der Waals surface area contributed by atoms with E-state index in [4.69, 9.17) is 4.74 Å². The predicted octanol–water partition coefficient (Wildman–Crippen LogP) is 4.23. The molecule has 1 aromatic carbocycles. The lowest BCUT2D eigenvalue weighted by Crippen LogP contribution is -2.31. The molecule has 0 aliphatic heterocycles. The van der Waals surface area contributed by atoms with Gasteiger partial charge in [0.05, 0.1) is 19.8 Å². The van der Waals surface area contributed by atoms with Crippen LogP contribution in [0, 0.1) is 0 Å². The zero-order valence-electron chi connectivity index (χ0n) is 13.0. The third-order valence-corrected chi connectivity index (χ3v) is 4.38. The second-order valence-electron chi connectivity index (χ2n) is 5.37. The van der Waals surface area contributed by atoms with Crippen molar-refractivity contribution in [1.29, 1.82) is 0 Å². The molecule has 1 heterocycles. The van der Waals surface area contributed by atoms with Crippen LogP contribution >= 0.6 is 11.3 Å². The molecule has 114 valence electrons. The van der Waals surface area contributed by atoms with Crippen molar-refractivity contribution in [3.63, 3.8) is 0 Å². The van der Waals surface area contributed by atoms with Gasteiger partial charge in [-0.15, -0.1) is 11.3 Å². The lowest BCUT2D eigenvalue weighted by molar-refractivity contribution is 0.194. The minimum Gasteiger partial charge on any atom is -0.496 e. The summed E-state index contributed by atoms with van der Waals surface area (Å²) in [5, 5.41) is 12.3. The second-order valence-corrected chi connectivity index (χ2v) is 6.40. The van der Waals surface area contributed by atoms with Gasteiger partial charge in [-0.25, -0.2) is 0 Å².